The number of carbonyl (C=O) groups is 1. The van der Waals surface area contributed by atoms with Crippen LogP contribution in [0.15, 0.2) is 47.8 Å². The number of nitrogens with zero attached hydrogens (tertiary/aromatic N) is 2. The molecule has 0 aliphatic rings. The molecule has 25 heavy (non-hydrogen) atoms. The molecule has 0 aliphatic heterocycles. The molecule has 6 heteroatoms. The molecule has 0 bridgehead atoms. The van der Waals surface area contributed by atoms with Gasteiger partial charge in [-0.2, -0.15) is 5.10 Å². The molecule has 2 aromatic heterocycles. The van der Waals surface area contributed by atoms with Gasteiger partial charge in [0.15, 0.2) is 0 Å². The standard InChI is InChI=1S/C19H20FN3OS/c1-12(2)13(3)21-19(24)17-11-16(18-5-4-10-25-18)22-23(17)15-8-6-14(20)7-9-15/h4-13H,1-3H3,(H,21,24)/t13-/m1/s1. The predicted molar refractivity (Wildman–Crippen MR) is 98.6 cm³/mol. The Morgan fingerprint density at radius 1 is 1.20 bits per heavy atom. The molecule has 0 radical (unpaired) electrons. The van der Waals surface area contributed by atoms with Crippen LogP contribution in [0.3, 0.4) is 0 Å². The second-order valence-corrected chi connectivity index (χ2v) is 7.23. The van der Waals surface area contributed by atoms with Crippen LogP contribution in [0.1, 0.15) is 31.3 Å². The molecule has 130 valence electrons. The highest BCUT2D eigenvalue weighted by Gasteiger charge is 2.20. The topological polar surface area (TPSA) is 46.9 Å². The number of rotatable bonds is 5. The van der Waals surface area contributed by atoms with Gasteiger partial charge in [-0.05, 0) is 54.6 Å². The molecule has 0 unspecified atom stereocenters. The number of hydrogen-bond acceptors (Lipinski definition) is 3. The molecule has 1 N–H and O–H groups in total. The Balaban J connectivity index is 2.02. The Morgan fingerprint density at radius 3 is 2.52 bits per heavy atom. The molecule has 4 nitrogen and oxygen atoms in total. The Bertz CT molecular complexity index is 853. The quantitative estimate of drug-likeness (QED) is 0.730. The molecule has 1 aromatic carbocycles. The SMILES string of the molecule is CC(C)[C@@H](C)NC(=O)c1cc(-c2cccs2)nn1-c1ccc(F)cc1. The van der Waals surface area contributed by atoms with Gasteiger partial charge in [0, 0.05) is 6.04 Å². The van der Waals surface area contributed by atoms with E-state index < -0.39 is 0 Å². The Labute approximate surface area is 150 Å². The third-order valence-electron chi connectivity index (χ3n) is 4.15. The summed E-state index contributed by atoms with van der Waals surface area (Å²) in [6, 6.07) is 11.7. The van der Waals surface area contributed by atoms with Gasteiger partial charge in [-0.25, -0.2) is 9.07 Å². The maximum Gasteiger partial charge on any atom is 0.270 e. The van der Waals surface area contributed by atoms with Gasteiger partial charge < -0.3 is 5.32 Å². The number of benzene rings is 1. The summed E-state index contributed by atoms with van der Waals surface area (Å²) in [5, 5.41) is 9.54. The van der Waals surface area contributed by atoms with E-state index in [9.17, 15) is 9.18 Å². The molecular formula is C19H20FN3OS. The fraction of sp³-hybridized carbons (Fsp3) is 0.263. The average molecular weight is 357 g/mol. The van der Waals surface area contributed by atoms with Crippen molar-refractivity contribution in [3.8, 4) is 16.3 Å². The van der Waals surface area contributed by atoms with Crippen molar-refractivity contribution < 1.29 is 9.18 Å². The minimum absolute atomic E-state index is 0.0363. The minimum atomic E-state index is -0.325. The van der Waals surface area contributed by atoms with Crippen molar-refractivity contribution in [2.75, 3.05) is 0 Å². The third-order valence-corrected chi connectivity index (χ3v) is 5.04. The van der Waals surface area contributed by atoms with Crippen molar-refractivity contribution in [1.82, 2.24) is 15.1 Å². The van der Waals surface area contributed by atoms with Crippen LogP contribution in [0.5, 0.6) is 0 Å². The maximum atomic E-state index is 13.2. The summed E-state index contributed by atoms with van der Waals surface area (Å²) in [7, 11) is 0. The van der Waals surface area contributed by atoms with Crippen molar-refractivity contribution in [2.45, 2.75) is 26.8 Å². The van der Waals surface area contributed by atoms with E-state index in [4.69, 9.17) is 0 Å². The summed E-state index contributed by atoms with van der Waals surface area (Å²) < 4.78 is 14.8. The molecule has 1 amide bonds. The van der Waals surface area contributed by atoms with Crippen LogP contribution in [0, 0.1) is 11.7 Å². The first kappa shape index (κ1) is 17.4. The van der Waals surface area contributed by atoms with Crippen LogP contribution >= 0.6 is 11.3 Å². The molecule has 0 spiro atoms. The number of carbonyl (C=O) groups excluding carboxylic acids is 1. The van der Waals surface area contributed by atoms with Crippen molar-refractivity contribution in [2.24, 2.45) is 5.92 Å². The van der Waals surface area contributed by atoms with Gasteiger partial charge in [0.1, 0.15) is 17.2 Å². The summed E-state index contributed by atoms with van der Waals surface area (Å²) in [6.45, 7) is 6.08. The van der Waals surface area contributed by atoms with E-state index in [1.807, 2.05) is 24.4 Å². The summed E-state index contributed by atoms with van der Waals surface area (Å²) in [6.07, 6.45) is 0. The lowest BCUT2D eigenvalue weighted by atomic mass is 10.1. The van der Waals surface area contributed by atoms with Gasteiger partial charge in [0.2, 0.25) is 0 Å². The van der Waals surface area contributed by atoms with Crippen molar-refractivity contribution in [3.05, 3.63) is 59.4 Å². The highest BCUT2D eigenvalue weighted by Crippen LogP contribution is 2.26. The van der Waals surface area contributed by atoms with E-state index in [1.54, 1.807) is 34.2 Å². The van der Waals surface area contributed by atoms with Crippen LogP contribution in [0.2, 0.25) is 0 Å². The first-order chi connectivity index (χ1) is 12.0. The summed E-state index contributed by atoms with van der Waals surface area (Å²) >= 11 is 1.56. The van der Waals surface area contributed by atoms with Crippen molar-refractivity contribution in [1.29, 1.82) is 0 Å². The molecule has 0 saturated carbocycles. The van der Waals surface area contributed by atoms with Crippen LogP contribution in [0.25, 0.3) is 16.3 Å². The first-order valence-electron chi connectivity index (χ1n) is 8.16. The molecular weight excluding hydrogens is 337 g/mol. The molecule has 3 aromatic rings. The van der Waals surface area contributed by atoms with Crippen LogP contribution < -0.4 is 5.32 Å². The second-order valence-electron chi connectivity index (χ2n) is 6.29. The average Bonchev–Trinajstić information content (AvgIpc) is 3.24. The van der Waals surface area contributed by atoms with Gasteiger partial charge in [0.25, 0.3) is 5.91 Å². The number of halogens is 1. The summed E-state index contributed by atoms with van der Waals surface area (Å²) in [5.41, 5.74) is 1.80. The van der Waals surface area contributed by atoms with Gasteiger partial charge in [-0.15, -0.1) is 11.3 Å². The van der Waals surface area contributed by atoms with Gasteiger partial charge >= 0.3 is 0 Å². The highest BCUT2D eigenvalue weighted by atomic mass is 32.1. The van der Waals surface area contributed by atoms with Gasteiger partial charge in [-0.1, -0.05) is 19.9 Å². The number of hydrogen-bond donors (Lipinski definition) is 1. The van der Waals surface area contributed by atoms with E-state index in [0.29, 0.717) is 17.3 Å². The lowest BCUT2D eigenvalue weighted by Crippen LogP contribution is -2.37. The fourth-order valence-corrected chi connectivity index (χ4v) is 3.00. The second kappa shape index (κ2) is 7.19. The molecule has 0 saturated heterocycles. The van der Waals surface area contributed by atoms with E-state index in [-0.39, 0.29) is 17.8 Å². The number of thiophene rings is 1. The van der Waals surface area contributed by atoms with E-state index in [1.165, 1.54) is 12.1 Å². The zero-order valence-electron chi connectivity index (χ0n) is 14.4. The highest BCUT2D eigenvalue weighted by molar-refractivity contribution is 7.13. The largest absolute Gasteiger partial charge is 0.348 e. The monoisotopic (exact) mass is 357 g/mol. The van der Waals surface area contributed by atoms with Crippen molar-refractivity contribution in [3.63, 3.8) is 0 Å². The molecule has 1 atom stereocenters. The molecule has 2 heterocycles. The normalized spacial score (nSPS) is 12.4. The fourth-order valence-electron chi connectivity index (χ4n) is 2.31. The lowest BCUT2D eigenvalue weighted by molar-refractivity contribution is 0.0922. The number of aromatic nitrogens is 2. The first-order valence-corrected chi connectivity index (χ1v) is 9.04. The summed E-state index contributed by atoms with van der Waals surface area (Å²) in [5.74, 6) is -0.197. The Hall–Kier alpha value is -2.47. The lowest BCUT2D eigenvalue weighted by Gasteiger charge is -2.17. The molecule has 0 fully saturated rings. The number of amides is 1. The third kappa shape index (κ3) is 3.79. The zero-order chi connectivity index (χ0) is 18.0. The minimum Gasteiger partial charge on any atom is -0.348 e. The number of nitrogens with one attached hydrogen (secondary N) is 1. The van der Waals surface area contributed by atoms with Crippen LogP contribution in [-0.4, -0.2) is 21.7 Å². The molecule has 0 aliphatic carbocycles. The predicted octanol–water partition coefficient (Wildman–Crippen LogP) is 4.51. The van der Waals surface area contributed by atoms with E-state index in [0.717, 1.165) is 10.6 Å². The van der Waals surface area contributed by atoms with E-state index in [2.05, 4.69) is 24.3 Å². The van der Waals surface area contributed by atoms with Gasteiger partial charge in [0.05, 0.1) is 10.6 Å². The Kier molecular flexibility index (Phi) is 4.99. The van der Waals surface area contributed by atoms with Crippen LogP contribution in [-0.2, 0) is 0 Å². The Morgan fingerprint density at radius 2 is 1.92 bits per heavy atom. The van der Waals surface area contributed by atoms with E-state index >= 15 is 0 Å². The zero-order valence-corrected chi connectivity index (χ0v) is 15.2. The summed E-state index contributed by atoms with van der Waals surface area (Å²) in [4.78, 5) is 13.7. The molecule has 3 rings (SSSR count). The van der Waals surface area contributed by atoms with Crippen molar-refractivity contribution >= 4 is 17.2 Å². The van der Waals surface area contributed by atoms with Gasteiger partial charge in [-0.3, -0.25) is 4.79 Å². The smallest absolute Gasteiger partial charge is 0.270 e. The van der Waals surface area contributed by atoms with Crippen LogP contribution in [0.4, 0.5) is 4.39 Å². The maximum absolute atomic E-state index is 13.2.